The maximum Gasteiger partial charge on any atom is 0.274 e. The second kappa shape index (κ2) is 8.13. The summed E-state index contributed by atoms with van der Waals surface area (Å²) in [6.45, 7) is 3.97. The predicted octanol–water partition coefficient (Wildman–Crippen LogP) is 4.01. The van der Waals surface area contributed by atoms with E-state index in [9.17, 15) is 9.59 Å². The number of hydrogen-bond donors (Lipinski definition) is 2. The van der Waals surface area contributed by atoms with Gasteiger partial charge in [-0.15, -0.1) is 0 Å². The van der Waals surface area contributed by atoms with E-state index in [2.05, 4.69) is 15.6 Å². The summed E-state index contributed by atoms with van der Waals surface area (Å²) in [5.74, 6) is -0.456. The van der Waals surface area contributed by atoms with Crippen LogP contribution in [0.4, 0.5) is 5.69 Å². The van der Waals surface area contributed by atoms with Gasteiger partial charge in [-0.2, -0.15) is 0 Å². The molecule has 0 aliphatic heterocycles. The van der Waals surface area contributed by atoms with Gasteiger partial charge in [0.2, 0.25) is 0 Å². The number of nitrogens with zero attached hydrogens (tertiary/aromatic N) is 1. The Bertz CT molecular complexity index is 790. The molecule has 0 bridgehead atoms. The van der Waals surface area contributed by atoms with E-state index < -0.39 is 0 Å². The number of carbonyl (C=O) groups is 2. The molecular formula is C21H25N3O2. The molecule has 1 aliphatic rings. The highest BCUT2D eigenvalue weighted by Gasteiger charge is 2.18. The first-order chi connectivity index (χ1) is 12.5. The molecule has 1 fully saturated rings. The third kappa shape index (κ3) is 4.69. The summed E-state index contributed by atoms with van der Waals surface area (Å²) < 4.78 is 0. The molecular weight excluding hydrogens is 326 g/mol. The number of pyridine rings is 1. The fourth-order valence-electron chi connectivity index (χ4n) is 3.45. The highest BCUT2D eigenvalue weighted by molar-refractivity contribution is 6.04. The SMILES string of the molecule is Cc1cc(C)cc(NC(=O)c2cc(C(=O)NC3CCCCC3)ccn2)c1. The Labute approximate surface area is 154 Å². The molecule has 1 saturated carbocycles. The van der Waals surface area contributed by atoms with E-state index in [1.807, 2.05) is 32.0 Å². The lowest BCUT2D eigenvalue weighted by Crippen LogP contribution is -2.36. The smallest absolute Gasteiger partial charge is 0.274 e. The molecule has 26 heavy (non-hydrogen) atoms. The Morgan fingerprint density at radius 2 is 1.65 bits per heavy atom. The highest BCUT2D eigenvalue weighted by Crippen LogP contribution is 2.18. The number of nitrogens with one attached hydrogen (secondary N) is 2. The Morgan fingerprint density at radius 3 is 2.35 bits per heavy atom. The third-order valence-corrected chi connectivity index (χ3v) is 4.67. The van der Waals surface area contributed by atoms with Crippen LogP contribution in [0.15, 0.2) is 36.5 Å². The maximum absolute atomic E-state index is 12.5. The zero-order valence-corrected chi connectivity index (χ0v) is 15.3. The number of carbonyl (C=O) groups excluding carboxylic acids is 2. The molecule has 0 spiro atoms. The van der Waals surface area contributed by atoms with Gasteiger partial charge in [-0.3, -0.25) is 14.6 Å². The first-order valence-electron chi connectivity index (χ1n) is 9.18. The van der Waals surface area contributed by atoms with Gasteiger partial charge in [-0.25, -0.2) is 0 Å². The van der Waals surface area contributed by atoms with Gasteiger partial charge in [-0.1, -0.05) is 25.3 Å². The van der Waals surface area contributed by atoms with E-state index in [0.29, 0.717) is 5.56 Å². The van der Waals surface area contributed by atoms with E-state index in [1.165, 1.54) is 12.6 Å². The van der Waals surface area contributed by atoms with Gasteiger partial charge in [0.1, 0.15) is 5.69 Å². The minimum Gasteiger partial charge on any atom is -0.349 e. The van der Waals surface area contributed by atoms with Crippen molar-refractivity contribution in [2.45, 2.75) is 52.0 Å². The zero-order valence-electron chi connectivity index (χ0n) is 15.3. The van der Waals surface area contributed by atoms with Crippen molar-refractivity contribution in [3.05, 3.63) is 58.9 Å². The standard InChI is InChI=1S/C21H25N3O2/c1-14-10-15(2)12-18(11-14)24-21(26)19-13-16(8-9-22-19)20(25)23-17-6-4-3-5-7-17/h8-13,17H,3-7H2,1-2H3,(H,23,25)(H,24,26). The monoisotopic (exact) mass is 351 g/mol. The molecule has 0 radical (unpaired) electrons. The van der Waals surface area contributed by atoms with Crippen molar-refractivity contribution < 1.29 is 9.59 Å². The fourth-order valence-corrected chi connectivity index (χ4v) is 3.45. The highest BCUT2D eigenvalue weighted by atomic mass is 16.2. The molecule has 1 aromatic carbocycles. The van der Waals surface area contributed by atoms with Crippen molar-refractivity contribution in [1.82, 2.24) is 10.3 Å². The predicted molar refractivity (Wildman–Crippen MR) is 102 cm³/mol. The Balaban J connectivity index is 1.69. The number of amides is 2. The summed E-state index contributed by atoms with van der Waals surface area (Å²) in [5.41, 5.74) is 3.59. The summed E-state index contributed by atoms with van der Waals surface area (Å²) in [6.07, 6.45) is 7.11. The molecule has 1 aromatic heterocycles. The largest absolute Gasteiger partial charge is 0.349 e. The van der Waals surface area contributed by atoms with Crippen molar-refractivity contribution in [2.24, 2.45) is 0 Å². The third-order valence-electron chi connectivity index (χ3n) is 4.67. The van der Waals surface area contributed by atoms with Crippen molar-refractivity contribution in [3.63, 3.8) is 0 Å². The number of rotatable bonds is 4. The maximum atomic E-state index is 12.5. The second-order valence-electron chi connectivity index (χ2n) is 7.07. The van der Waals surface area contributed by atoms with Gasteiger partial charge in [0.05, 0.1) is 0 Å². The van der Waals surface area contributed by atoms with Crippen LogP contribution in [0, 0.1) is 13.8 Å². The second-order valence-corrected chi connectivity index (χ2v) is 7.07. The average Bonchev–Trinajstić information content (AvgIpc) is 2.62. The number of aromatic nitrogens is 1. The van der Waals surface area contributed by atoms with Crippen molar-refractivity contribution >= 4 is 17.5 Å². The van der Waals surface area contributed by atoms with Crippen LogP contribution in [-0.2, 0) is 0 Å². The minimum atomic E-state index is -0.317. The van der Waals surface area contributed by atoms with Gasteiger partial charge in [0.15, 0.2) is 0 Å². The van der Waals surface area contributed by atoms with Crippen LogP contribution >= 0.6 is 0 Å². The van der Waals surface area contributed by atoms with E-state index in [1.54, 1.807) is 12.1 Å². The fraction of sp³-hybridized carbons (Fsp3) is 0.381. The lowest BCUT2D eigenvalue weighted by atomic mass is 9.95. The summed E-state index contributed by atoms with van der Waals surface area (Å²) >= 11 is 0. The summed E-state index contributed by atoms with van der Waals surface area (Å²) in [7, 11) is 0. The molecule has 2 amide bonds. The zero-order chi connectivity index (χ0) is 18.5. The van der Waals surface area contributed by atoms with Crippen LogP contribution in [0.3, 0.4) is 0 Å². The van der Waals surface area contributed by atoms with Crippen LogP contribution in [0.25, 0.3) is 0 Å². The summed E-state index contributed by atoms with van der Waals surface area (Å²) in [6, 6.07) is 9.29. The normalized spacial score (nSPS) is 14.7. The summed E-state index contributed by atoms with van der Waals surface area (Å²) in [5, 5.41) is 5.92. The number of hydrogen-bond acceptors (Lipinski definition) is 3. The van der Waals surface area contributed by atoms with Crippen LogP contribution in [0.5, 0.6) is 0 Å². The van der Waals surface area contributed by atoms with Gasteiger partial charge in [0, 0.05) is 23.5 Å². The van der Waals surface area contributed by atoms with Crippen molar-refractivity contribution in [2.75, 3.05) is 5.32 Å². The molecule has 0 unspecified atom stereocenters. The Hall–Kier alpha value is -2.69. The quantitative estimate of drug-likeness (QED) is 0.874. The molecule has 0 saturated heterocycles. The Morgan fingerprint density at radius 1 is 0.962 bits per heavy atom. The molecule has 1 heterocycles. The molecule has 2 aromatic rings. The molecule has 5 nitrogen and oxygen atoms in total. The molecule has 136 valence electrons. The van der Waals surface area contributed by atoms with Gasteiger partial charge in [0.25, 0.3) is 11.8 Å². The average molecular weight is 351 g/mol. The van der Waals surface area contributed by atoms with Gasteiger partial charge in [-0.05, 0) is 62.1 Å². The lowest BCUT2D eigenvalue weighted by molar-refractivity contribution is 0.0927. The van der Waals surface area contributed by atoms with E-state index in [4.69, 9.17) is 0 Å². The first kappa shape index (κ1) is 18.1. The lowest BCUT2D eigenvalue weighted by Gasteiger charge is -2.22. The van der Waals surface area contributed by atoms with E-state index in [-0.39, 0.29) is 23.6 Å². The first-order valence-corrected chi connectivity index (χ1v) is 9.18. The molecule has 1 aliphatic carbocycles. The van der Waals surface area contributed by atoms with Crippen LogP contribution < -0.4 is 10.6 Å². The minimum absolute atomic E-state index is 0.139. The summed E-state index contributed by atoms with van der Waals surface area (Å²) in [4.78, 5) is 29.1. The topological polar surface area (TPSA) is 71.1 Å². The molecule has 3 rings (SSSR count). The van der Waals surface area contributed by atoms with E-state index >= 15 is 0 Å². The van der Waals surface area contributed by atoms with Gasteiger partial charge >= 0.3 is 0 Å². The molecule has 0 atom stereocenters. The van der Waals surface area contributed by atoms with Gasteiger partial charge < -0.3 is 10.6 Å². The number of benzene rings is 1. The molecule has 5 heteroatoms. The number of anilines is 1. The van der Waals surface area contributed by atoms with Crippen molar-refractivity contribution in [1.29, 1.82) is 0 Å². The van der Waals surface area contributed by atoms with E-state index in [0.717, 1.165) is 42.5 Å². The van der Waals surface area contributed by atoms with Crippen LogP contribution in [-0.4, -0.2) is 22.8 Å². The van der Waals surface area contributed by atoms with Crippen LogP contribution in [0.2, 0.25) is 0 Å². The van der Waals surface area contributed by atoms with Crippen molar-refractivity contribution in [3.8, 4) is 0 Å². The molecule has 2 N–H and O–H groups in total. The number of aryl methyl sites for hydroxylation is 2. The Kier molecular flexibility index (Phi) is 5.66. The van der Waals surface area contributed by atoms with Crippen LogP contribution in [0.1, 0.15) is 64.1 Å².